The zero-order valence-electron chi connectivity index (χ0n) is 14.7. The van der Waals surface area contributed by atoms with E-state index in [0.717, 1.165) is 34.4 Å². The molecule has 0 aliphatic carbocycles. The van der Waals surface area contributed by atoms with Crippen molar-refractivity contribution in [2.45, 2.75) is 27.2 Å². The Morgan fingerprint density at radius 1 is 0.958 bits per heavy atom. The fraction of sp³-hybridized carbons (Fsp3) is 0.227. The first kappa shape index (κ1) is 17.7. The fourth-order valence-corrected chi connectivity index (χ4v) is 2.57. The predicted octanol–water partition coefficient (Wildman–Crippen LogP) is 5.58. The lowest BCUT2D eigenvalue weighted by Crippen LogP contribution is -2.04. The highest BCUT2D eigenvalue weighted by atomic mass is 16.5. The zero-order valence-corrected chi connectivity index (χ0v) is 14.7. The maximum absolute atomic E-state index is 11.4. The van der Waals surface area contributed by atoms with Crippen molar-refractivity contribution < 1.29 is 9.53 Å². The molecular weight excluding hydrogens is 296 g/mol. The quantitative estimate of drug-likeness (QED) is 0.623. The molecule has 0 bridgehead atoms. The minimum Gasteiger partial charge on any atom is -0.493 e. The summed E-state index contributed by atoms with van der Waals surface area (Å²) in [4.78, 5) is 11.4. The second-order valence-corrected chi connectivity index (χ2v) is 6.12. The van der Waals surface area contributed by atoms with Gasteiger partial charge in [0.2, 0.25) is 0 Å². The molecule has 0 unspecified atom stereocenters. The summed E-state index contributed by atoms with van der Waals surface area (Å²) in [6.07, 6.45) is 0.771. The Labute approximate surface area is 144 Å². The number of rotatable bonds is 7. The van der Waals surface area contributed by atoms with Gasteiger partial charge in [-0.2, -0.15) is 0 Å². The molecule has 0 spiro atoms. The molecular formula is C22H24O2. The molecule has 2 aromatic carbocycles. The lowest BCUT2D eigenvalue weighted by molar-refractivity contribution is 0.101. The van der Waals surface area contributed by atoms with Crippen LogP contribution < -0.4 is 4.74 Å². The van der Waals surface area contributed by atoms with Gasteiger partial charge >= 0.3 is 0 Å². The van der Waals surface area contributed by atoms with Crippen molar-refractivity contribution in [3.63, 3.8) is 0 Å². The Morgan fingerprint density at radius 3 is 2.33 bits per heavy atom. The molecule has 0 heterocycles. The van der Waals surface area contributed by atoms with E-state index in [1.165, 1.54) is 5.56 Å². The van der Waals surface area contributed by atoms with E-state index in [-0.39, 0.29) is 5.78 Å². The molecule has 0 aliphatic heterocycles. The highest BCUT2D eigenvalue weighted by Crippen LogP contribution is 2.23. The summed E-state index contributed by atoms with van der Waals surface area (Å²) in [6, 6.07) is 13.6. The minimum atomic E-state index is 0.0409. The molecule has 24 heavy (non-hydrogen) atoms. The van der Waals surface area contributed by atoms with E-state index in [9.17, 15) is 4.79 Å². The molecule has 0 amide bonds. The van der Waals surface area contributed by atoms with Crippen molar-refractivity contribution in [3.8, 4) is 5.75 Å². The third-order valence-corrected chi connectivity index (χ3v) is 3.94. The molecule has 2 heteroatoms. The molecule has 2 nitrogen and oxygen atoms in total. The van der Waals surface area contributed by atoms with Crippen LogP contribution in [0.3, 0.4) is 0 Å². The molecule has 0 fully saturated rings. The van der Waals surface area contributed by atoms with Crippen LogP contribution in [0.1, 0.15) is 47.8 Å². The average Bonchev–Trinajstić information content (AvgIpc) is 2.54. The van der Waals surface area contributed by atoms with Crippen LogP contribution in [0.5, 0.6) is 5.75 Å². The van der Waals surface area contributed by atoms with Crippen LogP contribution in [-0.2, 0) is 6.42 Å². The second kappa shape index (κ2) is 7.78. The predicted molar refractivity (Wildman–Crippen MR) is 102 cm³/mol. The highest BCUT2D eigenvalue weighted by Gasteiger charge is 2.07. The first-order chi connectivity index (χ1) is 11.4. The van der Waals surface area contributed by atoms with Crippen LogP contribution in [0.2, 0.25) is 0 Å². The van der Waals surface area contributed by atoms with E-state index in [0.29, 0.717) is 12.2 Å². The highest BCUT2D eigenvalue weighted by molar-refractivity contribution is 5.94. The summed E-state index contributed by atoms with van der Waals surface area (Å²) >= 11 is 0. The minimum absolute atomic E-state index is 0.0409. The van der Waals surface area contributed by atoms with Gasteiger partial charge in [-0.25, -0.2) is 0 Å². The summed E-state index contributed by atoms with van der Waals surface area (Å²) in [5.41, 5.74) is 6.23. The number of ether oxygens (including phenoxy) is 1. The number of hydrogen-bond acceptors (Lipinski definition) is 2. The van der Waals surface area contributed by atoms with Gasteiger partial charge < -0.3 is 4.74 Å². The standard InChI is InChI=1S/C22H24O2/c1-15(2)18-9-10-22(16(3)4)20(13-18)11-12-24-21-8-6-7-19(14-21)17(5)23/h6-10,13-14H,1,3,11-12H2,2,4-5H3. The maximum Gasteiger partial charge on any atom is 0.159 e. The summed E-state index contributed by atoms with van der Waals surface area (Å²) in [5, 5.41) is 0. The topological polar surface area (TPSA) is 26.3 Å². The number of benzene rings is 2. The third kappa shape index (κ3) is 4.45. The molecule has 0 atom stereocenters. The third-order valence-electron chi connectivity index (χ3n) is 3.94. The lowest BCUT2D eigenvalue weighted by atomic mass is 9.95. The van der Waals surface area contributed by atoms with Crippen molar-refractivity contribution in [2.24, 2.45) is 0 Å². The number of carbonyl (C=O) groups is 1. The van der Waals surface area contributed by atoms with E-state index in [1.54, 1.807) is 19.1 Å². The molecule has 0 aromatic heterocycles. The molecule has 0 aliphatic rings. The van der Waals surface area contributed by atoms with Gasteiger partial charge in [0.15, 0.2) is 5.78 Å². The van der Waals surface area contributed by atoms with Gasteiger partial charge in [-0.15, -0.1) is 0 Å². The second-order valence-electron chi connectivity index (χ2n) is 6.12. The van der Waals surface area contributed by atoms with Crippen molar-refractivity contribution in [2.75, 3.05) is 6.61 Å². The Kier molecular flexibility index (Phi) is 5.75. The molecule has 2 rings (SSSR count). The van der Waals surface area contributed by atoms with Crippen molar-refractivity contribution in [1.82, 2.24) is 0 Å². The van der Waals surface area contributed by atoms with Crippen molar-refractivity contribution >= 4 is 16.9 Å². The molecule has 2 aromatic rings. The van der Waals surface area contributed by atoms with Gasteiger partial charge in [-0.1, -0.05) is 54.6 Å². The summed E-state index contributed by atoms with van der Waals surface area (Å²) < 4.78 is 5.83. The van der Waals surface area contributed by atoms with E-state index < -0.39 is 0 Å². The van der Waals surface area contributed by atoms with Crippen molar-refractivity contribution in [3.05, 3.63) is 77.9 Å². The van der Waals surface area contributed by atoms with Gasteiger partial charge in [-0.3, -0.25) is 4.79 Å². The van der Waals surface area contributed by atoms with Crippen molar-refractivity contribution in [1.29, 1.82) is 0 Å². The van der Waals surface area contributed by atoms with Gasteiger partial charge in [0.05, 0.1) is 6.61 Å². The Balaban J connectivity index is 2.12. The summed E-state index contributed by atoms with van der Waals surface area (Å²) in [5.74, 6) is 0.759. The normalized spacial score (nSPS) is 10.3. The van der Waals surface area contributed by atoms with Gasteiger partial charge in [0.25, 0.3) is 0 Å². The first-order valence-electron chi connectivity index (χ1n) is 8.07. The number of hydrogen-bond donors (Lipinski definition) is 0. The monoisotopic (exact) mass is 320 g/mol. The van der Waals surface area contributed by atoms with Crippen LogP contribution in [-0.4, -0.2) is 12.4 Å². The van der Waals surface area contributed by atoms with E-state index in [2.05, 4.69) is 31.4 Å². The molecule has 0 radical (unpaired) electrons. The number of allylic oxidation sites excluding steroid dienone is 2. The van der Waals surface area contributed by atoms with Crippen LogP contribution in [0.25, 0.3) is 11.1 Å². The smallest absolute Gasteiger partial charge is 0.159 e. The number of ketones is 1. The number of Topliss-reactive ketones (excluding diaryl/α,β-unsaturated/α-hetero) is 1. The fourth-order valence-electron chi connectivity index (χ4n) is 2.57. The Hall–Kier alpha value is -2.61. The van der Waals surface area contributed by atoms with Crippen LogP contribution in [0.4, 0.5) is 0 Å². The average molecular weight is 320 g/mol. The molecule has 0 N–H and O–H groups in total. The Morgan fingerprint density at radius 2 is 1.71 bits per heavy atom. The SMILES string of the molecule is C=C(C)c1ccc(C(=C)C)c(CCOc2cccc(C(C)=O)c2)c1. The summed E-state index contributed by atoms with van der Waals surface area (Å²) in [6.45, 7) is 14.2. The lowest BCUT2D eigenvalue weighted by Gasteiger charge is -2.13. The van der Waals surface area contributed by atoms with Crippen LogP contribution in [0, 0.1) is 0 Å². The van der Waals surface area contributed by atoms with Gasteiger partial charge in [-0.05, 0) is 49.6 Å². The zero-order chi connectivity index (χ0) is 17.7. The van der Waals surface area contributed by atoms with Crippen LogP contribution in [0.15, 0.2) is 55.6 Å². The van der Waals surface area contributed by atoms with Gasteiger partial charge in [0.1, 0.15) is 5.75 Å². The molecule has 124 valence electrons. The van der Waals surface area contributed by atoms with Gasteiger partial charge in [0, 0.05) is 12.0 Å². The van der Waals surface area contributed by atoms with Crippen LogP contribution >= 0.6 is 0 Å². The summed E-state index contributed by atoms with van der Waals surface area (Å²) in [7, 11) is 0. The number of carbonyl (C=O) groups excluding carboxylic acids is 1. The molecule has 0 saturated heterocycles. The first-order valence-corrected chi connectivity index (χ1v) is 8.07. The maximum atomic E-state index is 11.4. The molecule has 0 saturated carbocycles. The van der Waals surface area contributed by atoms with E-state index >= 15 is 0 Å². The van der Waals surface area contributed by atoms with E-state index in [1.807, 2.05) is 26.0 Å². The van der Waals surface area contributed by atoms with E-state index in [4.69, 9.17) is 4.74 Å². The Bertz CT molecular complexity index is 784. The largest absolute Gasteiger partial charge is 0.493 e.